The summed E-state index contributed by atoms with van der Waals surface area (Å²) in [5, 5.41) is 9.77. The van der Waals surface area contributed by atoms with E-state index in [-0.39, 0.29) is 17.9 Å². The first kappa shape index (κ1) is 29.5. The summed E-state index contributed by atoms with van der Waals surface area (Å²) in [5.41, 5.74) is 1.84. The summed E-state index contributed by atoms with van der Waals surface area (Å²) in [7, 11) is 0. The minimum Gasteiger partial charge on any atom is -0.350 e. The lowest BCUT2D eigenvalue weighted by Gasteiger charge is -2.30. The zero-order valence-corrected chi connectivity index (χ0v) is 22.6. The van der Waals surface area contributed by atoms with Crippen LogP contribution in [0.25, 0.3) is 0 Å². The van der Waals surface area contributed by atoms with Crippen LogP contribution in [0.4, 0.5) is 13.2 Å². The van der Waals surface area contributed by atoms with Crippen molar-refractivity contribution in [3.05, 3.63) is 35.4 Å². The number of halogens is 3. The molecule has 37 heavy (non-hydrogen) atoms. The number of amides is 2. The van der Waals surface area contributed by atoms with Crippen molar-refractivity contribution in [2.45, 2.75) is 109 Å². The molecule has 1 aromatic carbocycles. The molecular weight excluding hydrogens is 479 g/mol. The van der Waals surface area contributed by atoms with Crippen molar-refractivity contribution < 1.29 is 22.8 Å². The SMILES string of the molecule is CC(C)C(F)(F)F.Cc1ccc(C2(C(=O)N[C@@H](CC3CCCCC3)C(=O)N[C@@H]3CCCNC3)CC2)cc1. The van der Waals surface area contributed by atoms with Crippen LogP contribution in [-0.2, 0) is 15.0 Å². The molecule has 2 amide bonds. The van der Waals surface area contributed by atoms with Crippen molar-refractivity contribution in [2.75, 3.05) is 13.1 Å². The Morgan fingerprint density at radius 1 is 1.03 bits per heavy atom. The molecule has 0 radical (unpaired) electrons. The van der Waals surface area contributed by atoms with Crippen molar-refractivity contribution in [3.8, 4) is 0 Å². The third kappa shape index (κ3) is 8.72. The Bertz CT molecular complexity index is 869. The summed E-state index contributed by atoms with van der Waals surface area (Å²) < 4.78 is 33.5. The van der Waals surface area contributed by atoms with E-state index in [1.54, 1.807) is 0 Å². The second kappa shape index (κ2) is 13.1. The average Bonchev–Trinajstić information content (AvgIpc) is 3.67. The highest BCUT2D eigenvalue weighted by molar-refractivity contribution is 5.95. The fourth-order valence-corrected chi connectivity index (χ4v) is 5.21. The van der Waals surface area contributed by atoms with E-state index in [0.29, 0.717) is 5.92 Å². The number of piperidine rings is 1. The van der Waals surface area contributed by atoms with Crippen molar-refractivity contribution >= 4 is 11.8 Å². The number of benzene rings is 1. The molecule has 208 valence electrons. The molecule has 2 atom stereocenters. The van der Waals surface area contributed by atoms with E-state index in [1.165, 1.54) is 37.7 Å². The van der Waals surface area contributed by atoms with Crippen LogP contribution in [0.5, 0.6) is 0 Å². The van der Waals surface area contributed by atoms with Crippen LogP contribution >= 0.6 is 0 Å². The van der Waals surface area contributed by atoms with Gasteiger partial charge in [0.25, 0.3) is 0 Å². The van der Waals surface area contributed by atoms with Crippen LogP contribution in [0, 0.1) is 18.8 Å². The molecule has 3 N–H and O–H groups in total. The molecule has 2 saturated carbocycles. The molecule has 1 saturated heterocycles. The van der Waals surface area contributed by atoms with Gasteiger partial charge in [-0.2, -0.15) is 13.2 Å². The Hall–Kier alpha value is -2.09. The maximum atomic E-state index is 13.4. The standard InChI is InChI=1S/C25H37N3O2.C4H7F3/c1-18-9-11-20(12-10-18)25(13-14-25)24(30)28-22(16-19-6-3-2-4-7-19)23(29)27-21-8-5-15-26-17-21;1-3(2)4(5,6)7/h9-12,19,21-22,26H,2-8,13-17H2,1H3,(H,27,29)(H,28,30);3H,1-2H3/t21-,22+;/m1./s1. The first-order valence-corrected chi connectivity index (χ1v) is 14.0. The first-order chi connectivity index (χ1) is 17.5. The second-order valence-corrected chi connectivity index (χ2v) is 11.5. The molecule has 3 aliphatic rings. The van der Waals surface area contributed by atoms with E-state index in [9.17, 15) is 22.8 Å². The highest BCUT2D eigenvalue weighted by Gasteiger charge is 2.52. The predicted molar refractivity (Wildman–Crippen MR) is 140 cm³/mol. The minimum atomic E-state index is -4.00. The van der Waals surface area contributed by atoms with E-state index in [4.69, 9.17) is 0 Å². The number of hydrogen-bond acceptors (Lipinski definition) is 3. The summed E-state index contributed by atoms with van der Waals surface area (Å²) in [6, 6.07) is 8.04. The predicted octanol–water partition coefficient (Wildman–Crippen LogP) is 5.55. The van der Waals surface area contributed by atoms with E-state index in [1.807, 2.05) is 0 Å². The Kier molecular flexibility index (Phi) is 10.4. The van der Waals surface area contributed by atoms with Crippen molar-refractivity contribution in [1.29, 1.82) is 0 Å². The van der Waals surface area contributed by atoms with Crippen LogP contribution < -0.4 is 16.0 Å². The van der Waals surface area contributed by atoms with Crippen LogP contribution in [0.2, 0.25) is 0 Å². The second-order valence-electron chi connectivity index (χ2n) is 11.5. The zero-order chi connectivity index (χ0) is 27.1. The van der Waals surface area contributed by atoms with E-state index in [2.05, 4.69) is 47.1 Å². The summed E-state index contributed by atoms with van der Waals surface area (Å²) in [5.74, 6) is -0.632. The van der Waals surface area contributed by atoms with Gasteiger partial charge >= 0.3 is 6.18 Å². The fraction of sp³-hybridized carbons (Fsp3) is 0.724. The Balaban J connectivity index is 0.000000479. The summed E-state index contributed by atoms with van der Waals surface area (Å²) in [4.78, 5) is 26.6. The lowest BCUT2D eigenvalue weighted by molar-refractivity contribution is -0.164. The molecule has 0 aromatic heterocycles. The van der Waals surface area contributed by atoms with Gasteiger partial charge in [-0.05, 0) is 57.1 Å². The van der Waals surface area contributed by atoms with Gasteiger partial charge in [-0.25, -0.2) is 0 Å². The van der Waals surface area contributed by atoms with Gasteiger partial charge in [-0.1, -0.05) is 75.8 Å². The summed E-state index contributed by atoms with van der Waals surface area (Å²) >= 11 is 0. The first-order valence-electron chi connectivity index (χ1n) is 14.0. The quantitative estimate of drug-likeness (QED) is 0.439. The van der Waals surface area contributed by atoms with Gasteiger partial charge in [-0.15, -0.1) is 0 Å². The van der Waals surface area contributed by atoms with Crippen LogP contribution in [0.3, 0.4) is 0 Å². The Labute approximate surface area is 219 Å². The number of carbonyl (C=O) groups is 2. The third-order valence-electron chi connectivity index (χ3n) is 8.00. The normalized spacial score (nSPS) is 22.4. The third-order valence-corrected chi connectivity index (χ3v) is 8.00. The van der Waals surface area contributed by atoms with Crippen molar-refractivity contribution in [2.24, 2.45) is 11.8 Å². The van der Waals surface area contributed by atoms with E-state index in [0.717, 1.165) is 64.6 Å². The number of aryl methyl sites for hydroxylation is 1. The molecule has 1 aliphatic heterocycles. The molecule has 3 fully saturated rings. The molecule has 1 aromatic rings. The number of nitrogens with one attached hydrogen (secondary N) is 3. The van der Waals surface area contributed by atoms with Gasteiger partial charge in [0.2, 0.25) is 11.8 Å². The van der Waals surface area contributed by atoms with Gasteiger partial charge in [0.15, 0.2) is 0 Å². The average molecular weight is 524 g/mol. The minimum absolute atomic E-state index is 0.00216. The summed E-state index contributed by atoms with van der Waals surface area (Å²) in [6.45, 7) is 6.16. The van der Waals surface area contributed by atoms with E-state index < -0.39 is 23.6 Å². The monoisotopic (exact) mass is 523 g/mol. The van der Waals surface area contributed by atoms with E-state index >= 15 is 0 Å². The topological polar surface area (TPSA) is 70.2 Å². The smallest absolute Gasteiger partial charge is 0.350 e. The Morgan fingerprint density at radius 2 is 1.65 bits per heavy atom. The number of hydrogen-bond donors (Lipinski definition) is 3. The summed E-state index contributed by atoms with van der Waals surface area (Å²) in [6.07, 6.45) is 6.72. The molecule has 2 aliphatic carbocycles. The molecular formula is C29H44F3N3O2. The number of rotatable bonds is 7. The molecule has 8 heteroatoms. The van der Waals surface area contributed by atoms with Crippen LogP contribution in [-0.4, -0.2) is 43.2 Å². The molecule has 4 rings (SSSR count). The van der Waals surface area contributed by atoms with Gasteiger partial charge in [0.05, 0.1) is 5.41 Å². The number of carbonyl (C=O) groups excluding carboxylic acids is 2. The highest BCUT2D eigenvalue weighted by atomic mass is 19.4. The zero-order valence-electron chi connectivity index (χ0n) is 22.6. The maximum Gasteiger partial charge on any atom is 0.391 e. The van der Waals surface area contributed by atoms with Crippen LogP contribution in [0.15, 0.2) is 24.3 Å². The van der Waals surface area contributed by atoms with Crippen molar-refractivity contribution in [3.63, 3.8) is 0 Å². The van der Waals surface area contributed by atoms with Gasteiger partial charge in [-0.3, -0.25) is 9.59 Å². The molecule has 0 unspecified atom stereocenters. The van der Waals surface area contributed by atoms with Gasteiger partial charge in [0, 0.05) is 18.5 Å². The molecule has 1 heterocycles. The lowest BCUT2D eigenvalue weighted by Crippen LogP contribution is -2.55. The Morgan fingerprint density at radius 3 is 2.16 bits per heavy atom. The number of alkyl halides is 3. The lowest BCUT2D eigenvalue weighted by atomic mass is 9.84. The van der Waals surface area contributed by atoms with Crippen LogP contribution in [0.1, 0.15) is 89.2 Å². The molecule has 0 spiro atoms. The molecule has 5 nitrogen and oxygen atoms in total. The van der Waals surface area contributed by atoms with Crippen molar-refractivity contribution in [1.82, 2.24) is 16.0 Å². The van der Waals surface area contributed by atoms with Gasteiger partial charge in [0.1, 0.15) is 6.04 Å². The highest BCUT2D eigenvalue weighted by Crippen LogP contribution is 2.48. The molecule has 0 bridgehead atoms. The maximum absolute atomic E-state index is 13.4. The largest absolute Gasteiger partial charge is 0.391 e. The van der Waals surface area contributed by atoms with Gasteiger partial charge < -0.3 is 16.0 Å². The fourth-order valence-electron chi connectivity index (χ4n) is 5.21.